The average Bonchev–Trinajstić information content (AvgIpc) is 2.94. The summed E-state index contributed by atoms with van der Waals surface area (Å²) < 4.78 is 38.9. The smallest absolute Gasteiger partial charge is 0.230 e. The fourth-order valence-corrected chi connectivity index (χ4v) is 3.96. The van der Waals surface area contributed by atoms with E-state index in [0.29, 0.717) is 18.8 Å². The van der Waals surface area contributed by atoms with Gasteiger partial charge < -0.3 is 5.32 Å². The molecule has 1 unspecified atom stereocenters. The summed E-state index contributed by atoms with van der Waals surface area (Å²) in [5.41, 5.74) is 0. The van der Waals surface area contributed by atoms with E-state index in [1.807, 2.05) is 0 Å². The molecule has 2 aromatic rings. The molecule has 1 aromatic carbocycles. The van der Waals surface area contributed by atoms with E-state index in [1.54, 1.807) is 4.68 Å². The van der Waals surface area contributed by atoms with Gasteiger partial charge in [0.25, 0.3) is 0 Å². The van der Waals surface area contributed by atoms with Gasteiger partial charge in [-0.2, -0.15) is 0 Å². The quantitative estimate of drug-likeness (QED) is 0.779. The van der Waals surface area contributed by atoms with Gasteiger partial charge in [-0.3, -0.25) is 4.79 Å². The van der Waals surface area contributed by atoms with Gasteiger partial charge in [0.15, 0.2) is 15.7 Å². The standard InChI is InChI=1S/C15H18FN5O3S/c16-11-4-6-12(7-5-11)25(23,24)10-8-17-15(22)13-3-1-2-9-21-14(13)18-19-20-21/h4-7,13H,1-3,8-10H2,(H,17,22). The first kappa shape index (κ1) is 17.5. The third-order valence-corrected chi connectivity index (χ3v) is 5.88. The number of sulfone groups is 1. The molecule has 25 heavy (non-hydrogen) atoms. The van der Waals surface area contributed by atoms with E-state index in [2.05, 4.69) is 20.8 Å². The largest absolute Gasteiger partial charge is 0.354 e. The van der Waals surface area contributed by atoms with E-state index < -0.39 is 21.6 Å². The maximum Gasteiger partial charge on any atom is 0.230 e. The van der Waals surface area contributed by atoms with Crippen LogP contribution < -0.4 is 5.32 Å². The number of aryl methyl sites for hydroxylation is 1. The number of aromatic nitrogens is 4. The summed E-state index contributed by atoms with van der Waals surface area (Å²) in [6, 6.07) is 4.62. The van der Waals surface area contributed by atoms with Crippen LogP contribution in [0.4, 0.5) is 4.39 Å². The van der Waals surface area contributed by atoms with Crippen LogP contribution in [-0.4, -0.2) is 46.8 Å². The molecule has 0 bridgehead atoms. The summed E-state index contributed by atoms with van der Waals surface area (Å²) >= 11 is 0. The first-order valence-electron chi connectivity index (χ1n) is 7.99. The van der Waals surface area contributed by atoms with Crippen molar-refractivity contribution >= 4 is 15.7 Å². The van der Waals surface area contributed by atoms with E-state index in [4.69, 9.17) is 0 Å². The first-order valence-corrected chi connectivity index (χ1v) is 9.65. The molecule has 0 radical (unpaired) electrons. The van der Waals surface area contributed by atoms with E-state index in [-0.39, 0.29) is 23.1 Å². The van der Waals surface area contributed by atoms with Crippen LogP contribution in [0.3, 0.4) is 0 Å². The van der Waals surface area contributed by atoms with Gasteiger partial charge in [-0.25, -0.2) is 17.5 Å². The predicted molar refractivity (Wildman–Crippen MR) is 85.9 cm³/mol. The molecular weight excluding hydrogens is 349 g/mol. The Labute approximate surface area is 144 Å². The van der Waals surface area contributed by atoms with Crippen LogP contribution in [0.15, 0.2) is 29.2 Å². The molecule has 134 valence electrons. The summed E-state index contributed by atoms with van der Waals surface area (Å²) in [6.07, 6.45) is 2.37. The zero-order valence-electron chi connectivity index (χ0n) is 13.4. The molecule has 0 spiro atoms. The number of fused-ring (bicyclic) bond motifs is 1. The Morgan fingerprint density at radius 2 is 2.04 bits per heavy atom. The molecule has 0 saturated carbocycles. The zero-order chi connectivity index (χ0) is 17.9. The second kappa shape index (κ2) is 7.26. The molecular formula is C15H18FN5O3S. The molecule has 0 fully saturated rings. The number of amides is 1. The Morgan fingerprint density at radius 1 is 1.28 bits per heavy atom. The number of nitrogens with zero attached hydrogens (tertiary/aromatic N) is 4. The van der Waals surface area contributed by atoms with Gasteiger partial charge in [-0.15, -0.1) is 5.10 Å². The highest BCUT2D eigenvalue weighted by molar-refractivity contribution is 7.91. The van der Waals surface area contributed by atoms with Gasteiger partial charge in [-0.05, 0) is 47.5 Å². The zero-order valence-corrected chi connectivity index (χ0v) is 14.2. The Bertz CT molecular complexity index is 850. The topological polar surface area (TPSA) is 107 Å². The van der Waals surface area contributed by atoms with E-state index in [1.165, 1.54) is 12.1 Å². The van der Waals surface area contributed by atoms with Crippen LogP contribution in [0.1, 0.15) is 31.0 Å². The summed E-state index contributed by atoms with van der Waals surface area (Å²) in [6.45, 7) is 0.641. The van der Waals surface area contributed by atoms with E-state index >= 15 is 0 Å². The molecule has 0 aliphatic carbocycles. The lowest BCUT2D eigenvalue weighted by molar-refractivity contribution is -0.122. The van der Waals surface area contributed by atoms with Crippen molar-refractivity contribution in [1.82, 2.24) is 25.5 Å². The van der Waals surface area contributed by atoms with Crippen molar-refractivity contribution < 1.29 is 17.6 Å². The Morgan fingerprint density at radius 3 is 2.80 bits per heavy atom. The number of carbonyl (C=O) groups is 1. The number of tetrazole rings is 1. The molecule has 1 amide bonds. The van der Waals surface area contributed by atoms with Gasteiger partial charge in [0.2, 0.25) is 5.91 Å². The minimum atomic E-state index is -3.59. The van der Waals surface area contributed by atoms with Gasteiger partial charge in [0.05, 0.1) is 16.6 Å². The Hall–Kier alpha value is -2.36. The molecule has 1 aromatic heterocycles. The number of halogens is 1. The molecule has 0 saturated heterocycles. The average molecular weight is 367 g/mol. The van der Waals surface area contributed by atoms with E-state index in [9.17, 15) is 17.6 Å². The number of hydrogen-bond donors (Lipinski definition) is 1. The maximum absolute atomic E-state index is 12.9. The summed E-state index contributed by atoms with van der Waals surface area (Å²) in [5.74, 6) is -1.02. The lowest BCUT2D eigenvalue weighted by Gasteiger charge is -2.13. The number of hydrogen-bond acceptors (Lipinski definition) is 6. The second-order valence-electron chi connectivity index (χ2n) is 5.87. The van der Waals surface area contributed by atoms with Crippen LogP contribution in [0, 0.1) is 5.82 Å². The third kappa shape index (κ3) is 4.01. The number of benzene rings is 1. The van der Waals surface area contributed by atoms with Crippen LogP contribution in [0.2, 0.25) is 0 Å². The Kier molecular flexibility index (Phi) is 5.07. The molecule has 10 heteroatoms. The first-order chi connectivity index (χ1) is 12.0. The second-order valence-corrected chi connectivity index (χ2v) is 7.98. The monoisotopic (exact) mass is 367 g/mol. The minimum absolute atomic E-state index is 0.0292. The van der Waals surface area contributed by atoms with Gasteiger partial charge in [0.1, 0.15) is 5.82 Å². The third-order valence-electron chi connectivity index (χ3n) is 4.14. The van der Waals surface area contributed by atoms with Crippen molar-refractivity contribution in [3.05, 3.63) is 35.9 Å². The lowest BCUT2D eigenvalue weighted by Crippen LogP contribution is -2.34. The van der Waals surface area contributed by atoms with Crippen molar-refractivity contribution in [2.24, 2.45) is 0 Å². The van der Waals surface area contributed by atoms with Crippen LogP contribution in [0.5, 0.6) is 0 Å². The van der Waals surface area contributed by atoms with Gasteiger partial charge in [0, 0.05) is 13.1 Å². The fourth-order valence-electron chi connectivity index (χ4n) is 2.80. The maximum atomic E-state index is 12.9. The normalized spacial score (nSPS) is 17.6. The molecule has 1 aliphatic heterocycles. The number of carbonyl (C=O) groups excluding carboxylic acids is 1. The highest BCUT2D eigenvalue weighted by Crippen LogP contribution is 2.23. The van der Waals surface area contributed by atoms with Crippen molar-refractivity contribution in [3.8, 4) is 0 Å². The van der Waals surface area contributed by atoms with Crippen molar-refractivity contribution in [1.29, 1.82) is 0 Å². The van der Waals surface area contributed by atoms with Gasteiger partial charge >= 0.3 is 0 Å². The summed E-state index contributed by atoms with van der Waals surface area (Å²) in [4.78, 5) is 12.4. The molecule has 3 rings (SSSR count). The van der Waals surface area contributed by atoms with Crippen molar-refractivity contribution in [2.75, 3.05) is 12.3 Å². The van der Waals surface area contributed by atoms with Crippen molar-refractivity contribution in [2.45, 2.75) is 36.6 Å². The predicted octanol–water partition coefficient (Wildman–Crippen LogP) is 0.670. The Balaban J connectivity index is 1.60. The van der Waals surface area contributed by atoms with Crippen LogP contribution >= 0.6 is 0 Å². The van der Waals surface area contributed by atoms with E-state index in [0.717, 1.165) is 25.0 Å². The fraction of sp³-hybridized carbons (Fsp3) is 0.467. The summed E-state index contributed by atoms with van der Waals surface area (Å²) in [5, 5.41) is 14.0. The molecule has 8 nitrogen and oxygen atoms in total. The highest BCUT2D eigenvalue weighted by Gasteiger charge is 2.28. The minimum Gasteiger partial charge on any atom is -0.354 e. The molecule has 1 atom stereocenters. The van der Waals surface area contributed by atoms with Crippen LogP contribution in [-0.2, 0) is 21.2 Å². The van der Waals surface area contributed by atoms with Gasteiger partial charge in [-0.1, -0.05) is 6.42 Å². The van der Waals surface area contributed by atoms with Crippen LogP contribution in [0.25, 0.3) is 0 Å². The number of rotatable bonds is 5. The van der Waals surface area contributed by atoms with Crippen molar-refractivity contribution in [3.63, 3.8) is 0 Å². The highest BCUT2D eigenvalue weighted by atomic mass is 32.2. The summed E-state index contributed by atoms with van der Waals surface area (Å²) in [7, 11) is -3.59. The lowest BCUT2D eigenvalue weighted by atomic mass is 10.0. The molecule has 1 N–H and O–H groups in total. The molecule has 2 heterocycles. The number of nitrogens with one attached hydrogen (secondary N) is 1. The SMILES string of the molecule is O=C(NCCS(=O)(=O)c1ccc(F)cc1)C1CCCCn2nnnc21. The molecule has 1 aliphatic rings.